The number of anilines is 1. The molecule has 136 valence electrons. The van der Waals surface area contributed by atoms with Gasteiger partial charge in [0.25, 0.3) is 0 Å². The van der Waals surface area contributed by atoms with Crippen molar-refractivity contribution in [1.82, 2.24) is 19.8 Å². The summed E-state index contributed by atoms with van der Waals surface area (Å²) in [6.07, 6.45) is 6.23. The van der Waals surface area contributed by atoms with Crippen molar-refractivity contribution in [3.05, 3.63) is 18.2 Å². The highest BCUT2D eigenvalue weighted by atomic mass is 19.1. The Morgan fingerprint density at radius 3 is 2.36 bits per heavy atom. The van der Waals surface area contributed by atoms with Gasteiger partial charge in [-0.05, 0) is 25.7 Å². The van der Waals surface area contributed by atoms with Crippen LogP contribution in [0.5, 0.6) is 0 Å². The molecule has 4 rings (SSSR count). The summed E-state index contributed by atoms with van der Waals surface area (Å²) in [7, 11) is 0. The number of nitrogens with zero attached hydrogens (tertiary/aromatic N) is 5. The first kappa shape index (κ1) is 16.5. The topological polar surface area (TPSA) is 61.8 Å². The molecule has 8 heteroatoms. The molecule has 3 aliphatic heterocycles. The Morgan fingerprint density at radius 2 is 1.68 bits per heavy atom. The van der Waals surface area contributed by atoms with Crippen LogP contribution in [0, 0.1) is 5.82 Å². The number of carbonyl (C=O) groups is 1. The first-order valence-corrected chi connectivity index (χ1v) is 9.06. The highest BCUT2D eigenvalue weighted by Crippen LogP contribution is 2.32. The number of amides is 2. The van der Waals surface area contributed by atoms with Gasteiger partial charge in [0.2, 0.25) is 5.95 Å². The molecule has 1 aromatic rings. The molecule has 0 atom stereocenters. The molecule has 0 aliphatic carbocycles. The number of hydrogen-bond acceptors (Lipinski definition) is 5. The predicted octanol–water partition coefficient (Wildman–Crippen LogP) is 1.50. The Morgan fingerprint density at radius 1 is 1.04 bits per heavy atom. The fourth-order valence-corrected chi connectivity index (χ4v) is 4.00. The van der Waals surface area contributed by atoms with Crippen LogP contribution in [0.2, 0.25) is 0 Å². The molecular weight excluding hydrogens is 325 g/mol. The quantitative estimate of drug-likeness (QED) is 0.769. The Kier molecular flexibility index (Phi) is 4.45. The second-order valence-corrected chi connectivity index (χ2v) is 7.12. The van der Waals surface area contributed by atoms with E-state index in [-0.39, 0.29) is 11.6 Å². The summed E-state index contributed by atoms with van der Waals surface area (Å²) in [5, 5.41) is 0. The van der Waals surface area contributed by atoms with E-state index < -0.39 is 5.82 Å². The third kappa shape index (κ3) is 3.40. The lowest BCUT2D eigenvalue weighted by atomic mass is 9.89. The summed E-state index contributed by atoms with van der Waals surface area (Å²) in [4.78, 5) is 26.7. The fourth-order valence-electron chi connectivity index (χ4n) is 4.00. The van der Waals surface area contributed by atoms with Crippen molar-refractivity contribution < 1.29 is 13.9 Å². The SMILES string of the molecule is O=C(N1CCCC1)N1CCC2(CC1)CN(c1ncc(F)cn1)CCO2. The highest BCUT2D eigenvalue weighted by Gasteiger charge is 2.42. The maximum absolute atomic E-state index is 13.0. The second kappa shape index (κ2) is 6.74. The Hall–Kier alpha value is -1.96. The van der Waals surface area contributed by atoms with Gasteiger partial charge in [0.1, 0.15) is 0 Å². The largest absolute Gasteiger partial charge is 0.371 e. The Bertz CT molecular complexity index is 612. The van der Waals surface area contributed by atoms with Gasteiger partial charge in [0, 0.05) is 32.7 Å². The zero-order valence-electron chi connectivity index (χ0n) is 14.4. The number of urea groups is 1. The number of likely N-dealkylation sites (tertiary alicyclic amines) is 2. The van der Waals surface area contributed by atoms with Gasteiger partial charge in [-0.25, -0.2) is 19.2 Å². The maximum atomic E-state index is 13.0. The number of morpholine rings is 1. The molecule has 4 heterocycles. The summed E-state index contributed by atoms with van der Waals surface area (Å²) in [6, 6.07) is 0.168. The minimum atomic E-state index is -0.430. The monoisotopic (exact) mass is 349 g/mol. The molecule has 1 aromatic heterocycles. The van der Waals surface area contributed by atoms with Crippen LogP contribution in [0.25, 0.3) is 0 Å². The number of aromatic nitrogens is 2. The van der Waals surface area contributed by atoms with Gasteiger partial charge >= 0.3 is 6.03 Å². The molecule has 0 aromatic carbocycles. The number of ether oxygens (including phenoxy) is 1. The zero-order valence-corrected chi connectivity index (χ0v) is 14.4. The van der Waals surface area contributed by atoms with E-state index >= 15 is 0 Å². The van der Waals surface area contributed by atoms with Gasteiger partial charge in [-0.2, -0.15) is 0 Å². The van der Waals surface area contributed by atoms with E-state index in [9.17, 15) is 9.18 Å². The van der Waals surface area contributed by atoms with Crippen molar-refractivity contribution >= 4 is 12.0 Å². The van der Waals surface area contributed by atoms with Crippen LogP contribution in [-0.4, -0.2) is 77.3 Å². The van der Waals surface area contributed by atoms with Gasteiger partial charge in [0.05, 0.1) is 31.1 Å². The molecule has 3 saturated heterocycles. The number of carbonyl (C=O) groups excluding carboxylic acids is 1. The van der Waals surface area contributed by atoms with Crippen LogP contribution in [0.15, 0.2) is 12.4 Å². The lowest BCUT2D eigenvalue weighted by molar-refractivity contribution is -0.0871. The van der Waals surface area contributed by atoms with E-state index in [0.717, 1.165) is 38.8 Å². The van der Waals surface area contributed by atoms with Gasteiger partial charge < -0.3 is 19.4 Å². The van der Waals surface area contributed by atoms with Crippen molar-refractivity contribution in [1.29, 1.82) is 0 Å². The number of piperidine rings is 1. The molecule has 0 saturated carbocycles. The molecular formula is C17H24FN5O2. The smallest absolute Gasteiger partial charge is 0.320 e. The molecule has 0 radical (unpaired) electrons. The molecule has 2 amide bonds. The van der Waals surface area contributed by atoms with E-state index in [2.05, 4.69) is 14.9 Å². The summed E-state index contributed by atoms with van der Waals surface area (Å²) in [5.74, 6) is 0.111. The van der Waals surface area contributed by atoms with Crippen LogP contribution in [-0.2, 0) is 4.74 Å². The van der Waals surface area contributed by atoms with E-state index in [1.165, 1.54) is 12.4 Å². The predicted molar refractivity (Wildman–Crippen MR) is 89.9 cm³/mol. The molecule has 0 bridgehead atoms. The lowest BCUT2D eigenvalue weighted by Crippen LogP contribution is -2.59. The summed E-state index contributed by atoms with van der Waals surface area (Å²) < 4.78 is 19.2. The first-order valence-electron chi connectivity index (χ1n) is 9.06. The fraction of sp³-hybridized carbons (Fsp3) is 0.706. The minimum Gasteiger partial charge on any atom is -0.371 e. The second-order valence-electron chi connectivity index (χ2n) is 7.12. The molecule has 3 fully saturated rings. The third-order valence-electron chi connectivity index (χ3n) is 5.46. The van der Waals surface area contributed by atoms with Crippen LogP contribution >= 0.6 is 0 Å². The maximum Gasteiger partial charge on any atom is 0.320 e. The molecule has 3 aliphatic rings. The molecule has 25 heavy (non-hydrogen) atoms. The number of hydrogen-bond donors (Lipinski definition) is 0. The van der Waals surface area contributed by atoms with Gasteiger partial charge in [-0.3, -0.25) is 0 Å². The highest BCUT2D eigenvalue weighted by molar-refractivity contribution is 5.74. The van der Waals surface area contributed by atoms with Crippen molar-refractivity contribution in [2.24, 2.45) is 0 Å². The summed E-state index contributed by atoms with van der Waals surface area (Å²) >= 11 is 0. The number of halogens is 1. The van der Waals surface area contributed by atoms with E-state index in [0.29, 0.717) is 38.7 Å². The standard InChI is InChI=1S/C17H24FN5O2/c18-14-11-19-15(20-12-14)23-9-10-25-17(13-23)3-7-22(8-4-17)16(24)21-5-1-2-6-21/h11-12H,1-10,13H2. The van der Waals surface area contributed by atoms with Crippen LogP contribution in [0.1, 0.15) is 25.7 Å². The average Bonchev–Trinajstić information content (AvgIpc) is 3.17. The first-order chi connectivity index (χ1) is 12.2. The van der Waals surface area contributed by atoms with Crippen molar-refractivity contribution in [3.8, 4) is 0 Å². The lowest BCUT2D eigenvalue weighted by Gasteiger charge is -2.47. The summed E-state index contributed by atoms with van der Waals surface area (Å²) in [5.41, 5.74) is -0.266. The molecule has 7 nitrogen and oxygen atoms in total. The normalized spacial score (nSPS) is 23.3. The average molecular weight is 349 g/mol. The van der Waals surface area contributed by atoms with Gasteiger partial charge in [-0.1, -0.05) is 0 Å². The van der Waals surface area contributed by atoms with Crippen LogP contribution in [0.4, 0.5) is 15.1 Å². The zero-order chi connectivity index (χ0) is 17.3. The van der Waals surface area contributed by atoms with E-state index in [1.807, 2.05) is 9.80 Å². The number of rotatable bonds is 1. The van der Waals surface area contributed by atoms with E-state index in [1.54, 1.807) is 0 Å². The summed E-state index contributed by atoms with van der Waals surface area (Å²) in [6.45, 7) is 5.18. The minimum absolute atomic E-state index is 0.168. The van der Waals surface area contributed by atoms with Gasteiger partial charge in [-0.15, -0.1) is 0 Å². The van der Waals surface area contributed by atoms with Crippen molar-refractivity contribution in [2.45, 2.75) is 31.3 Å². The molecule has 1 spiro atoms. The molecule has 0 unspecified atom stereocenters. The Labute approximate surface area is 146 Å². The van der Waals surface area contributed by atoms with Crippen molar-refractivity contribution in [2.75, 3.05) is 50.8 Å². The third-order valence-corrected chi connectivity index (χ3v) is 5.46. The van der Waals surface area contributed by atoms with Crippen LogP contribution < -0.4 is 4.90 Å². The van der Waals surface area contributed by atoms with Gasteiger partial charge in [0.15, 0.2) is 5.82 Å². The van der Waals surface area contributed by atoms with Crippen LogP contribution in [0.3, 0.4) is 0 Å². The van der Waals surface area contributed by atoms with E-state index in [4.69, 9.17) is 4.74 Å². The van der Waals surface area contributed by atoms with Crippen molar-refractivity contribution in [3.63, 3.8) is 0 Å². The molecule has 0 N–H and O–H groups in total. The Balaban J connectivity index is 1.38.